The molecule has 1 amide bonds. The van der Waals surface area contributed by atoms with Crippen molar-refractivity contribution in [3.05, 3.63) is 89.2 Å². The number of thiazole rings is 1. The number of carbonyl (C=O) groups is 2. The van der Waals surface area contributed by atoms with Gasteiger partial charge in [0.2, 0.25) is 9.84 Å². The number of hydrogen-bond donors (Lipinski definition) is 2. The number of carboxylic acid groups (broad SMARTS) is 1. The van der Waals surface area contributed by atoms with Crippen LogP contribution >= 0.6 is 11.3 Å². The highest BCUT2D eigenvalue weighted by Gasteiger charge is 2.43. The van der Waals surface area contributed by atoms with E-state index in [0.717, 1.165) is 21.6 Å². The van der Waals surface area contributed by atoms with Crippen molar-refractivity contribution in [2.45, 2.75) is 76.3 Å². The van der Waals surface area contributed by atoms with Crippen molar-refractivity contribution >= 4 is 39.1 Å². The van der Waals surface area contributed by atoms with E-state index in [0.29, 0.717) is 11.1 Å². The number of hydrogen-bond acceptors (Lipinski definition) is 10. The Morgan fingerprint density at radius 1 is 0.959 bits per heavy atom. The molecule has 4 aromatic rings. The van der Waals surface area contributed by atoms with E-state index in [-0.39, 0.29) is 28.1 Å². The summed E-state index contributed by atoms with van der Waals surface area (Å²) in [4.78, 5) is 39.2. The Kier molecular flexibility index (Phi) is 10.8. The molecule has 0 spiro atoms. The van der Waals surface area contributed by atoms with E-state index in [1.807, 2.05) is 0 Å². The third-order valence-electron chi connectivity index (χ3n) is 6.90. The minimum Gasteiger partial charge on any atom is -0.480 e. The number of aromatic nitrogens is 3. The zero-order valence-corrected chi connectivity index (χ0v) is 29.2. The molecule has 0 bridgehead atoms. The minimum absolute atomic E-state index is 0.0376. The molecule has 1 aromatic carbocycles. The summed E-state index contributed by atoms with van der Waals surface area (Å²) >= 11 is 0.850. The van der Waals surface area contributed by atoms with E-state index >= 15 is 0 Å². The molecular weight excluding hydrogens is 684 g/mol. The Hall–Kier alpha value is -4.41. The van der Waals surface area contributed by atoms with E-state index in [1.165, 1.54) is 36.5 Å². The second kappa shape index (κ2) is 14.2. The van der Waals surface area contributed by atoms with Crippen LogP contribution in [0.5, 0.6) is 0 Å². The Morgan fingerprint density at radius 3 is 2.16 bits per heavy atom. The molecule has 3 aromatic heterocycles. The highest BCUT2D eigenvalue weighted by molar-refractivity contribution is 7.91. The van der Waals surface area contributed by atoms with Gasteiger partial charge in [-0.05, 0) is 56.0 Å². The normalized spacial score (nSPS) is 13.8. The number of benzene rings is 1. The number of amides is 1. The SMILES string of the molecule is CC(C)(C)OC(=O)N(c1cccc(C(NCc2ccc(-c3nc(C(F)(F)F)cs3)cc2)S(=O)(=O)c2ccccn2)n1)C(C(=O)O)C(C)(C)C. The van der Waals surface area contributed by atoms with E-state index in [9.17, 15) is 36.3 Å². The van der Waals surface area contributed by atoms with Crippen molar-refractivity contribution in [1.82, 2.24) is 20.3 Å². The number of rotatable bonds is 10. The number of sulfone groups is 1. The third-order valence-corrected chi connectivity index (χ3v) is 9.65. The average Bonchev–Trinajstić information content (AvgIpc) is 3.50. The van der Waals surface area contributed by atoms with Gasteiger partial charge in [0.05, 0.1) is 5.69 Å². The van der Waals surface area contributed by atoms with Crippen molar-refractivity contribution in [1.29, 1.82) is 0 Å². The van der Waals surface area contributed by atoms with Crippen LogP contribution in [0.3, 0.4) is 0 Å². The van der Waals surface area contributed by atoms with Gasteiger partial charge in [-0.25, -0.2) is 37.9 Å². The number of anilines is 1. The molecule has 0 aliphatic rings. The van der Waals surface area contributed by atoms with Crippen LogP contribution in [0.4, 0.5) is 23.8 Å². The Morgan fingerprint density at radius 2 is 1.63 bits per heavy atom. The molecule has 16 heteroatoms. The molecule has 2 N–H and O–H groups in total. The number of aliphatic carboxylic acids is 1. The van der Waals surface area contributed by atoms with Gasteiger partial charge >= 0.3 is 18.2 Å². The topological polar surface area (TPSA) is 152 Å². The van der Waals surface area contributed by atoms with Crippen molar-refractivity contribution in [2.24, 2.45) is 5.41 Å². The van der Waals surface area contributed by atoms with Crippen molar-refractivity contribution in [2.75, 3.05) is 4.90 Å². The van der Waals surface area contributed by atoms with Crippen molar-refractivity contribution in [3.63, 3.8) is 0 Å². The number of carbonyl (C=O) groups excluding carboxylic acids is 1. The largest absolute Gasteiger partial charge is 0.480 e. The lowest BCUT2D eigenvalue weighted by Crippen LogP contribution is -2.54. The molecule has 2 atom stereocenters. The van der Waals surface area contributed by atoms with Gasteiger partial charge < -0.3 is 9.84 Å². The van der Waals surface area contributed by atoms with E-state index < -0.39 is 56.2 Å². The third kappa shape index (κ3) is 9.19. The van der Waals surface area contributed by atoms with Gasteiger partial charge in [0.25, 0.3) is 0 Å². The van der Waals surface area contributed by atoms with Crippen LogP contribution in [0, 0.1) is 5.41 Å². The van der Waals surface area contributed by atoms with Crippen LogP contribution in [0.25, 0.3) is 10.6 Å². The maximum absolute atomic E-state index is 14.0. The molecule has 0 saturated carbocycles. The van der Waals surface area contributed by atoms with E-state index in [4.69, 9.17) is 4.74 Å². The van der Waals surface area contributed by atoms with Crippen LogP contribution in [-0.2, 0) is 32.1 Å². The Labute approximate surface area is 286 Å². The molecule has 0 aliphatic heterocycles. The van der Waals surface area contributed by atoms with Crippen LogP contribution in [0.15, 0.2) is 77.3 Å². The molecule has 0 radical (unpaired) electrons. The highest BCUT2D eigenvalue weighted by Crippen LogP contribution is 2.35. The van der Waals surface area contributed by atoms with Crippen LogP contribution in [0.2, 0.25) is 0 Å². The lowest BCUT2D eigenvalue weighted by atomic mass is 9.85. The first-order chi connectivity index (χ1) is 22.7. The number of nitrogens with zero attached hydrogens (tertiary/aromatic N) is 4. The summed E-state index contributed by atoms with van der Waals surface area (Å²) < 4.78 is 72.7. The van der Waals surface area contributed by atoms with Gasteiger partial charge in [0.15, 0.2) is 16.1 Å². The monoisotopic (exact) mass is 719 g/mol. The first-order valence-corrected chi connectivity index (χ1v) is 17.3. The number of carboxylic acids is 1. The molecule has 0 aliphatic carbocycles. The predicted octanol–water partition coefficient (Wildman–Crippen LogP) is 7.12. The number of ether oxygens (including phenoxy) is 1. The average molecular weight is 720 g/mol. The van der Waals surface area contributed by atoms with Gasteiger partial charge in [-0.1, -0.05) is 57.2 Å². The summed E-state index contributed by atoms with van der Waals surface area (Å²) in [6.07, 6.45) is -4.23. The molecule has 0 fully saturated rings. The second-order valence-corrected chi connectivity index (χ2v) is 15.9. The van der Waals surface area contributed by atoms with Gasteiger partial charge in [-0.2, -0.15) is 13.2 Å². The molecule has 4 rings (SSSR count). The van der Waals surface area contributed by atoms with E-state index in [1.54, 1.807) is 71.9 Å². The summed E-state index contributed by atoms with van der Waals surface area (Å²) in [6.45, 7) is 9.76. The standard InChI is InChI=1S/C33H36F3N5O6S2/c1-31(2,3)26(29(42)43)41(30(44)47-32(4,5)6)24-11-9-10-22(39-24)28(49(45,46)25-12-7-8-17-37-25)38-18-20-13-15-21(16-14-20)27-40-23(19-48-27)33(34,35)36/h7-17,19,26,28,38H,18H2,1-6H3,(H,42,43). The summed E-state index contributed by atoms with van der Waals surface area (Å²) in [6, 6.07) is 13.6. The first-order valence-electron chi connectivity index (χ1n) is 14.9. The fourth-order valence-corrected chi connectivity index (χ4v) is 7.05. The summed E-state index contributed by atoms with van der Waals surface area (Å²) in [7, 11) is -4.29. The van der Waals surface area contributed by atoms with Gasteiger partial charge in [-0.15, -0.1) is 11.3 Å². The summed E-state index contributed by atoms with van der Waals surface area (Å²) in [5, 5.41) is 12.5. The Bertz CT molecular complexity index is 1890. The minimum atomic E-state index is -4.57. The molecule has 262 valence electrons. The van der Waals surface area contributed by atoms with Crippen molar-refractivity contribution in [3.8, 4) is 10.6 Å². The van der Waals surface area contributed by atoms with Crippen molar-refractivity contribution < 1.29 is 41.0 Å². The number of nitrogens with one attached hydrogen (secondary N) is 1. The lowest BCUT2D eigenvalue weighted by molar-refractivity contribution is -0.141. The van der Waals surface area contributed by atoms with Gasteiger partial charge in [0, 0.05) is 23.7 Å². The van der Waals surface area contributed by atoms with Crippen LogP contribution in [0.1, 0.15) is 63.9 Å². The Balaban J connectivity index is 1.74. The molecular formula is C33H36F3N5O6S2. The molecule has 11 nitrogen and oxygen atoms in total. The fraction of sp³-hybridized carbons (Fsp3) is 0.364. The first kappa shape index (κ1) is 37.4. The summed E-state index contributed by atoms with van der Waals surface area (Å²) in [5.41, 5.74) is -2.01. The van der Waals surface area contributed by atoms with E-state index in [2.05, 4.69) is 20.3 Å². The van der Waals surface area contributed by atoms with Crippen LogP contribution in [-0.4, -0.2) is 52.2 Å². The van der Waals surface area contributed by atoms with Gasteiger partial charge in [0.1, 0.15) is 22.5 Å². The smallest absolute Gasteiger partial charge is 0.434 e. The molecule has 49 heavy (non-hydrogen) atoms. The number of halogens is 3. The zero-order chi connectivity index (χ0) is 36.4. The second-order valence-electron chi connectivity index (χ2n) is 13.1. The number of pyridine rings is 2. The molecule has 3 heterocycles. The summed E-state index contributed by atoms with van der Waals surface area (Å²) in [5.74, 6) is -1.47. The molecule has 2 unspecified atom stereocenters. The van der Waals surface area contributed by atoms with Gasteiger partial charge in [-0.3, -0.25) is 5.32 Å². The maximum Gasteiger partial charge on any atom is 0.434 e. The predicted molar refractivity (Wildman–Crippen MR) is 177 cm³/mol. The fourth-order valence-electron chi connectivity index (χ4n) is 4.75. The number of alkyl halides is 3. The van der Waals surface area contributed by atoms with Crippen LogP contribution < -0.4 is 10.2 Å². The maximum atomic E-state index is 14.0. The lowest BCUT2D eigenvalue weighted by Gasteiger charge is -2.37. The highest BCUT2D eigenvalue weighted by atomic mass is 32.2. The quantitative estimate of drug-likeness (QED) is 0.173. The zero-order valence-electron chi connectivity index (χ0n) is 27.5. The molecule has 0 saturated heterocycles.